The van der Waals surface area contributed by atoms with Crippen LogP contribution in [-0.2, 0) is 4.74 Å². The molecule has 0 saturated heterocycles. The molecule has 0 aliphatic carbocycles. The Hall–Kier alpha value is -1.82. The van der Waals surface area contributed by atoms with Gasteiger partial charge in [-0.25, -0.2) is 0 Å². The maximum absolute atomic E-state index is 11.1. The van der Waals surface area contributed by atoms with Crippen LogP contribution in [0.1, 0.15) is 20.8 Å². The number of nitrogens with one attached hydrogen (secondary N) is 1. The summed E-state index contributed by atoms with van der Waals surface area (Å²) in [4.78, 5) is 12.8. The smallest absolute Gasteiger partial charge is 0.273 e. The fourth-order valence-corrected chi connectivity index (χ4v) is 2.05. The van der Waals surface area contributed by atoms with Gasteiger partial charge in [-0.1, -0.05) is 0 Å². The Labute approximate surface area is 119 Å². The van der Waals surface area contributed by atoms with Crippen molar-refractivity contribution in [1.29, 1.82) is 0 Å². The minimum atomic E-state index is -0.362. The molecule has 20 heavy (non-hydrogen) atoms. The third kappa shape index (κ3) is 4.38. The van der Waals surface area contributed by atoms with E-state index in [1.165, 1.54) is 0 Å². The summed E-state index contributed by atoms with van der Waals surface area (Å²) in [6, 6.07) is 5.34. The van der Waals surface area contributed by atoms with Gasteiger partial charge in [0.25, 0.3) is 5.69 Å². The van der Waals surface area contributed by atoms with Crippen molar-refractivity contribution in [3.05, 3.63) is 28.3 Å². The Balaban J connectivity index is 3.14. The maximum Gasteiger partial charge on any atom is 0.273 e. The lowest BCUT2D eigenvalue weighted by Crippen LogP contribution is -2.33. The Morgan fingerprint density at radius 3 is 2.60 bits per heavy atom. The molecule has 0 unspecified atom stereocenters. The van der Waals surface area contributed by atoms with E-state index in [1.807, 2.05) is 13.0 Å². The van der Waals surface area contributed by atoms with Crippen LogP contribution >= 0.6 is 0 Å². The second-order valence-electron chi connectivity index (χ2n) is 4.81. The van der Waals surface area contributed by atoms with Crippen molar-refractivity contribution in [3.8, 4) is 0 Å². The molecule has 0 aliphatic rings. The van der Waals surface area contributed by atoms with E-state index in [-0.39, 0.29) is 16.7 Å². The summed E-state index contributed by atoms with van der Waals surface area (Å²) in [6.07, 6.45) is 0. The van der Waals surface area contributed by atoms with Gasteiger partial charge in [0, 0.05) is 49.7 Å². The van der Waals surface area contributed by atoms with E-state index in [2.05, 4.69) is 24.1 Å². The average Bonchev–Trinajstić information content (AvgIpc) is 2.39. The average molecular weight is 281 g/mol. The highest BCUT2D eigenvalue weighted by Crippen LogP contribution is 2.28. The Bertz CT molecular complexity index is 449. The number of rotatable bonds is 8. The molecule has 6 nitrogen and oxygen atoms in total. The van der Waals surface area contributed by atoms with Crippen molar-refractivity contribution in [2.45, 2.75) is 26.8 Å². The number of nitro groups is 1. The Kier molecular flexibility index (Phi) is 6.24. The molecular weight excluding hydrogens is 258 g/mol. The predicted molar refractivity (Wildman–Crippen MR) is 81.6 cm³/mol. The predicted octanol–water partition coefficient (Wildman–Crippen LogP) is 2.89. The molecule has 0 saturated carbocycles. The second-order valence-corrected chi connectivity index (χ2v) is 4.81. The third-order valence-corrected chi connectivity index (χ3v) is 2.99. The zero-order valence-corrected chi connectivity index (χ0v) is 12.5. The first kappa shape index (κ1) is 16.2. The van der Waals surface area contributed by atoms with Crippen LogP contribution in [0, 0.1) is 10.1 Å². The molecule has 0 spiro atoms. The molecule has 0 amide bonds. The van der Waals surface area contributed by atoms with Crippen molar-refractivity contribution in [1.82, 2.24) is 0 Å². The van der Waals surface area contributed by atoms with Gasteiger partial charge in [0.15, 0.2) is 0 Å². The molecule has 112 valence electrons. The molecule has 0 radical (unpaired) electrons. The topological polar surface area (TPSA) is 67.6 Å². The lowest BCUT2D eigenvalue weighted by Gasteiger charge is -2.29. The molecule has 0 heterocycles. The van der Waals surface area contributed by atoms with Gasteiger partial charge in [-0.2, -0.15) is 0 Å². The fraction of sp³-hybridized carbons (Fsp3) is 0.571. The van der Waals surface area contributed by atoms with Crippen molar-refractivity contribution in [2.75, 3.05) is 37.0 Å². The number of anilines is 2. The monoisotopic (exact) mass is 281 g/mol. The minimum absolute atomic E-state index is 0.0986. The summed E-state index contributed by atoms with van der Waals surface area (Å²) in [5, 5.41) is 14.2. The van der Waals surface area contributed by atoms with Gasteiger partial charge in [0.05, 0.1) is 11.5 Å². The van der Waals surface area contributed by atoms with E-state index in [0.717, 1.165) is 17.9 Å². The van der Waals surface area contributed by atoms with Gasteiger partial charge in [-0.15, -0.1) is 0 Å². The van der Waals surface area contributed by atoms with E-state index >= 15 is 0 Å². The van der Waals surface area contributed by atoms with Crippen LogP contribution in [-0.4, -0.2) is 37.8 Å². The summed E-state index contributed by atoms with van der Waals surface area (Å²) in [5.41, 5.74) is 1.70. The largest absolute Gasteiger partial charge is 0.385 e. The van der Waals surface area contributed by atoms with Crippen molar-refractivity contribution in [2.24, 2.45) is 0 Å². The summed E-state index contributed by atoms with van der Waals surface area (Å²) in [7, 11) is 1.65. The lowest BCUT2D eigenvalue weighted by molar-refractivity contribution is -0.384. The van der Waals surface area contributed by atoms with Gasteiger partial charge >= 0.3 is 0 Å². The van der Waals surface area contributed by atoms with Crippen LogP contribution in [0.5, 0.6) is 0 Å². The number of benzene rings is 1. The quantitative estimate of drug-likeness (QED) is 0.586. The van der Waals surface area contributed by atoms with Crippen molar-refractivity contribution in [3.63, 3.8) is 0 Å². The number of non-ortho nitro benzene ring substituents is 1. The van der Waals surface area contributed by atoms with E-state index in [4.69, 9.17) is 4.74 Å². The first-order valence-corrected chi connectivity index (χ1v) is 6.78. The molecule has 0 fully saturated rings. The van der Waals surface area contributed by atoms with Crippen LogP contribution in [0.3, 0.4) is 0 Å². The van der Waals surface area contributed by atoms with E-state index < -0.39 is 0 Å². The first-order chi connectivity index (χ1) is 9.49. The highest BCUT2D eigenvalue weighted by Gasteiger charge is 2.16. The highest BCUT2D eigenvalue weighted by atomic mass is 16.6. The normalized spacial score (nSPS) is 10.7. The van der Waals surface area contributed by atoms with Gasteiger partial charge in [0.2, 0.25) is 0 Å². The van der Waals surface area contributed by atoms with E-state index in [0.29, 0.717) is 13.2 Å². The van der Waals surface area contributed by atoms with Gasteiger partial charge < -0.3 is 15.0 Å². The molecule has 6 heteroatoms. The van der Waals surface area contributed by atoms with Crippen LogP contribution in [0.25, 0.3) is 0 Å². The second kappa shape index (κ2) is 7.69. The number of hydrogen-bond acceptors (Lipinski definition) is 5. The SMILES string of the molecule is CCNc1cc(N(CCOC)C(C)C)cc([N+](=O)[O-])c1. The van der Waals surface area contributed by atoms with E-state index in [1.54, 1.807) is 19.2 Å². The number of methoxy groups -OCH3 is 1. The fourth-order valence-electron chi connectivity index (χ4n) is 2.05. The molecule has 0 bridgehead atoms. The standard InChI is InChI=1S/C14H23N3O3/c1-5-15-12-8-13(10-14(9-12)17(18)19)16(11(2)3)6-7-20-4/h8-11,15H,5-7H2,1-4H3. The summed E-state index contributed by atoms with van der Waals surface area (Å²) in [5.74, 6) is 0. The summed E-state index contributed by atoms with van der Waals surface area (Å²) in [6.45, 7) is 8.07. The van der Waals surface area contributed by atoms with Crippen LogP contribution < -0.4 is 10.2 Å². The zero-order chi connectivity index (χ0) is 15.1. The molecular formula is C14H23N3O3. The lowest BCUT2D eigenvalue weighted by atomic mass is 10.2. The Morgan fingerprint density at radius 1 is 1.40 bits per heavy atom. The molecule has 1 aromatic carbocycles. The number of nitro benzene ring substituents is 1. The van der Waals surface area contributed by atoms with E-state index in [9.17, 15) is 10.1 Å². The van der Waals surface area contributed by atoms with Crippen LogP contribution in [0.4, 0.5) is 17.1 Å². The molecule has 1 aromatic rings. The van der Waals surface area contributed by atoms with Crippen molar-refractivity contribution < 1.29 is 9.66 Å². The highest BCUT2D eigenvalue weighted by molar-refractivity contribution is 5.64. The first-order valence-electron chi connectivity index (χ1n) is 6.78. The molecule has 1 rings (SSSR count). The van der Waals surface area contributed by atoms with Crippen LogP contribution in [0.2, 0.25) is 0 Å². The van der Waals surface area contributed by atoms with Gasteiger partial charge in [0.1, 0.15) is 0 Å². The number of hydrogen-bond donors (Lipinski definition) is 1. The molecule has 1 N–H and O–H groups in total. The maximum atomic E-state index is 11.1. The van der Waals surface area contributed by atoms with Crippen molar-refractivity contribution >= 4 is 17.1 Å². The number of ether oxygens (including phenoxy) is 1. The van der Waals surface area contributed by atoms with Gasteiger partial charge in [-0.3, -0.25) is 10.1 Å². The Morgan fingerprint density at radius 2 is 2.10 bits per heavy atom. The number of nitrogens with zero attached hydrogens (tertiary/aromatic N) is 2. The zero-order valence-electron chi connectivity index (χ0n) is 12.5. The molecule has 0 aliphatic heterocycles. The van der Waals surface area contributed by atoms with Gasteiger partial charge in [-0.05, 0) is 26.8 Å². The third-order valence-electron chi connectivity index (χ3n) is 2.99. The van der Waals surface area contributed by atoms with Crippen LogP contribution in [0.15, 0.2) is 18.2 Å². The summed E-state index contributed by atoms with van der Waals surface area (Å²) < 4.78 is 5.11. The summed E-state index contributed by atoms with van der Waals surface area (Å²) >= 11 is 0. The molecule has 0 aromatic heterocycles. The molecule has 0 atom stereocenters. The minimum Gasteiger partial charge on any atom is -0.385 e.